The zero-order valence-electron chi connectivity index (χ0n) is 10.9. The Labute approximate surface area is 124 Å². The van der Waals surface area contributed by atoms with E-state index in [1.165, 1.54) is 5.56 Å². The van der Waals surface area contributed by atoms with Crippen molar-refractivity contribution in [2.45, 2.75) is 19.8 Å². The lowest BCUT2D eigenvalue weighted by atomic mass is 9.92. The van der Waals surface area contributed by atoms with E-state index in [4.69, 9.17) is 9.47 Å². The maximum Gasteiger partial charge on any atom is 0.513 e. The molecule has 1 aliphatic rings. The number of hydrogen-bond acceptors (Lipinski definition) is 4. The normalized spacial score (nSPS) is 12.5. The summed E-state index contributed by atoms with van der Waals surface area (Å²) in [4.78, 5) is 18.9. The minimum atomic E-state index is -0.685. The zero-order chi connectivity index (χ0) is 14.1. The number of H-pyrrole nitrogens is 1. The maximum atomic E-state index is 11.5. The van der Waals surface area contributed by atoms with Crippen LogP contribution in [0, 0.1) is 0 Å². The third-order valence-electron chi connectivity index (χ3n) is 3.27. The second-order valence-electron chi connectivity index (χ2n) is 4.44. The van der Waals surface area contributed by atoms with Gasteiger partial charge in [-0.2, -0.15) is 0 Å². The minimum Gasteiger partial charge on any atom is -0.434 e. The zero-order valence-corrected chi connectivity index (χ0v) is 12.5. The second kappa shape index (κ2) is 5.28. The van der Waals surface area contributed by atoms with Crippen molar-refractivity contribution in [2.75, 3.05) is 6.61 Å². The number of aryl methyl sites for hydroxylation is 1. The Morgan fingerprint density at radius 2 is 2.35 bits per heavy atom. The van der Waals surface area contributed by atoms with Gasteiger partial charge in [0, 0.05) is 23.5 Å². The summed E-state index contributed by atoms with van der Waals surface area (Å²) in [6.45, 7) is 2.03. The van der Waals surface area contributed by atoms with Crippen LogP contribution in [0.2, 0.25) is 0 Å². The molecule has 0 saturated heterocycles. The van der Waals surface area contributed by atoms with Crippen LogP contribution in [0.15, 0.2) is 23.1 Å². The van der Waals surface area contributed by atoms with Gasteiger partial charge in [0.1, 0.15) is 4.60 Å². The first-order valence-corrected chi connectivity index (χ1v) is 7.18. The van der Waals surface area contributed by atoms with Crippen molar-refractivity contribution in [3.8, 4) is 17.0 Å². The molecule has 0 atom stereocenters. The maximum absolute atomic E-state index is 11.5. The average Bonchev–Trinajstić information content (AvgIpc) is 2.76. The lowest BCUT2D eigenvalue weighted by Gasteiger charge is -2.16. The monoisotopic (exact) mass is 336 g/mol. The highest BCUT2D eigenvalue weighted by Gasteiger charge is 2.26. The Hall–Kier alpha value is -1.82. The van der Waals surface area contributed by atoms with Gasteiger partial charge in [-0.3, -0.25) is 4.98 Å². The number of nitrogens with one attached hydrogen (secondary N) is 1. The molecular formula is C14H13BrN2O3. The molecule has 0 amide bonds. The van der Waals surface area contributed by atoms with Gasteiger partial charge in [-0.25, -0.2) is 4.79 Å². The largest absolute Gasteiger partial charge is 0.513 e. The predicted octanol–water partition coefficient (Wildman–Crippen LogP) is 3.47. The number of ether oxygens (including phenoxy) is 2. The summed E-state index contributed by atoms with van der Waals surface area (Å²) in [6.07, 6.45) is 4.62. The molecule has 0 fully saturated rings. The van der Waals surface area contributed by atoms with Gasteiger partial charge in [0.25, 0.3) is 0 Å². The fourth-order valence-electron chi connectivity index (χ4n) is 2.42. The van der Waals surface area contributed by atoms with Crippen LogP contribution >= 0.6 is 15.9 Å². The van der Waals surface area contributed by atoms with E-state index in [-0.39, 0.29) is 6.61 Å². The molecule has 0 aromatic carbocycles. The highest BCUT2D eigenvalue weighted by atomic mass is 79.9. The van der Waals surface area contributed by atoms with E-state index in [9.17, 15) is 4.79 Å². The molecule has 3 rings (SSSR count). The molecule has 0 saturated carbocycles. The van der Waals surface area contributed by atoms with Gasteiger partial charge < -0.3 is 14.5 Å². The number of halogens is 1. The van der Waals surface area contributed by atoms with Gasteiger partial charge in [0.15, 0.2) is 5.75 Å². The number of carbonyl (C=O) groups excluding carboxylic acids is 1. The van der Waals surface area contributed by atoms with Crippen molar-refractivity contribution in [2.24, 2.45) is 0 Å². The highest BCUT2D eigenvalue weighted by molar-refractivity contribution is 9.10. The van der Waals surface area contributed by atoms with Crippen molar-refractivity contribution in [1.29, 1.82) is 0 Å². The van der Waals surface area contributed by atoms with E-state index in [0.29, 0.717) is 10.4 Å². The van der Waals surface area contributed by atoms with E-state index in [1.54, 1.807) is 13.1 Å². The average molecular weight is 337 g/mol. The van der Waals surface area contributed by atoms with E-state index >= 15 is 0 Å². The van der Waals surface area contributed by atoms with Crippen LogP contribution in [0.25, 0.3) is 11.3 Å². The van der Waals surface area contributed by atoms with Crippen LogP contribution in [-0.4, -0.2) is 22.7 Å². The molecule has 5 nitrogen and oxygen atoms in total. The molecule has 2 aromatic rings. The van der Waals surface area contributed by atoms with Crippen LogP contribution in [0.3, 0.4) is 0 Å². The molecule has 0 radical (unpaired) electrons. The third kappa shape index (κ3) is 2.20. The number of fused-ring (bicyclic) bond motifs is 3. The first kappa shape index (κ1) is 13.2. The Morgan fingerprint density at radius 3 is 3.15 bits per heavy atom. The second-order valence-corrected chi connectivity index (χ2v) is 5.23. The molecule has 0 aliphatic heterocycles. The lowest BCUT2D eigenvalue weighted by molar-refractivity contribution is 0.104. The first-order chi connectivity index (χ1) is 9.70. The Morgan fingerprint density at radius 1 is 1.50 bits per heavy atom. The molecule has 20 heavy (non-hydrogen) atoms. The Kier molecular flexibility index (Phi) is 3.48. The molecule has 6 heteroatoms. The van der Waals surface area contributed by atoms with Crippen molar-refractivity contribution < 1.29 is 14.3 Å². The lowest BCUT2D eigenvalue weighted by Crippen LogP contribution is -2.12. The molecule has 2 heterocycles. The van der Waals surface area contributed by atoms with Gasteiger partial charge in [-0.1, -0.05) is 0 Å². The van der Waals surface area contributed by atoms with Crippen molar-refractivity contribution in [3.05, 3.63) is 34.2 Å². The fourth-order valence-corrected chi connectivity index (χ4v) is 2.94. The molecule has 2 aromatic heterocycles. The van der Waals surface area contributed by atoms with Crippen LogP contribution in [0.5, 0.6) is 5.75 Å². The summed E-state index contributed by atoms with van der Waals surface area (Å²) < 4.78 is 10.8. The number of carbonyl (C=O) groups is 1. The summed E-state index contributed by atoms with van der Waals surface area (Å²) >= 11 is 3.40. The predicted molar refractivity (Wildman–Crippen MR) is 76.8 cm³/mol. The van der Waals surface area contributed by atoms with E-state index in [2.05, 4.69) is 25.9 Å². The summed E-state index contributed by atoms with van der Waals surface area (Å²) in [7, 11) is 0. The van der Waals surface area contributed by atoms with E-state index in [0.717, 1.165) is 29.7 Å². The molecule has 1 aliphatic carbocycles. The van der Waals surface area contributed by atoms with Crippen molar-refractivity contribution in [1.82, 2.24) is 9.97 Å². The molecule has 0 spiro atoms. The first-order valence-electron chi connectivity index (χ1n) is 6.39. The Balaban J connectivity index is 2.01. The quantitative estimate of drug-likeness (QED) is 0.853. The standard InChI is InChI=1S/C14H13BrN2O3/c1-2-19-14(18)20-12-10-4-3-8-7-16-6-5-9(8)11(10)17-13(12)15/h5-7,17H,2-4H2,1H3. The number of pyridine rings is 1. The van der Waals surface area contributed by atoms with Gasteiger partial charge >= 0.3 is 6.16 Å². The smallest absolute Gasteiger partial charge is 0.434 e. The van der Waals surface area contributed by atoms with E-state index < -0.39 is 6.16 Å². The van der Waals surface area contributed by atoms with Crippen molar-refractivity contribution >= 4 is 22.1 Å². The van der Waals surface area contributed by atoms with Gasteiger partial charge in [0.05, 0.1) is 12.3 Å². The number of aromatic amines is 1. The number of rotatable bonds is 2. The molecular weight excluding hydrogens is 324 g/mol. The van der Waals surface area contributed by atoms with Crippen LogP contribution < -0.4 is 4.74 Å². The Bertz CT molecular complexity index is 666. The summed E-state index contributed by atoms with van der Waals surface area (Å²) in [5.74, 6) is 0.515. The SMILES string of the molecule is CCOC(=O)Oc1c(Br)[nH]c2c1CCc1cnccc1-2. The summed E-state index contributed by atoms with van der Waals surface area (Å²) in [5.41, 5.74) is 4.25. The van der Waals surface area contributed by atoms with Crippen LogP contribution in [0.4, 0.5) is 4.79 Å². The van der Waals surface area contributed by atoms with Crippen LogP contribution in [0.1, 0.15) is 18.1 Å². The topological polar surface area (TPSA) is 64.2 Å². The van der Waals surface area contributed by atoms with Gasteiger partial charge in [-0.15, -0.1) is 0 Å². The number of aromatic nitrogens is 2. The fraction of sp³-hybridized carbons (Fsp3) is 0.286. The summed E-state index contributed by atoms with van der Waals surface area (Å²) in [5, 5.41) is 0. The highest BCUT2D eigenvalue weighted by Crippen LogP contribution is 2.42. The number of nitrogens with zero attached hydrogens (tertiary/aromatic N) is 1. The van der Waals surface area contributed by atoms with Crippen molar-refractivity contribution in [3.63, 3.8) is 0 Å². The summed E-state index contributed by atoms with van der Waals surface area (Å²) in [6, 6.07) is 1.96. The van der Waals surface area contributed by atoms with Gasteiger partial charge in [-0.05, 0) is 47.3 Å². The van der Waals surface area contributed by atoms with Gasteiger partial charge in [0.2, 0.25) is 0 Å². The molecule has 0 unspecified atom stereocenters. The minimum absolute atomic E-state index is 0.289. The molecule has 1 N–H and O–H groups in total. The van der Waals surface area contributed by atoms with Crippen LogP contribution in [-0.2, 0) is 17.6 Å². The molecule has 0 bridgehead atoms. The number of hydrogen-bond donors (Lipinski definition) is 1. The third-order valence-corrected chi connectivity index (χ3v) is 3.83. The van der Waals surface area contributed by atoms with E-state index in [1.807, 2.05) is 12.3 Å². The molecule has 104 valence electrons.